The highest BCUT2D eigenvalue weighted by atomic mass is 32.2. The predicted molar refractivity (Wildman–Crippen MR) is 127 cm³/mol. The van der Waals surface area contributed by atoms with Crippen LogP contribution in [-0.4, -0.2) is 27.4 Å². The minimum absolute atomic E-state index is 0.00950. The molecule has 0 amide bonds. The Morgan fingerprint density at radius 1 is 0.812 bits per heavy atom. The normalized spacial score (nSPS) is 18.7. The van der Waals surface area contributed by atoms with Crippen LogP contribution in [0.4, 0.5) is 0 Å². The van der Waals surface area contributed by atoms with Crippen molar-refractivity contribution in [3.8, 4) is 0 Å². The Morgan fingerprint density at radius 3 is 1.72 bits per heavy atom. The number of rotatable bonds is 9. The van der Waals surface area contributed by atoms with E-state index in [0.29, 0.717) is 19.4 Å². The molecule has 0 spiro atoms. The summed E-state index contributed by atoms with van der Waals surface area (Å²) in [6, 6.07) is 30.7. The molecule has 0 radical (unpaired) electrons. The quantitative estimate of drug-likeness (QED) is 0.253. The van der Waals surface area contributed by atoms with Gasteiger partial charge in [0.15, 0.2) is 0 Å². The third-order valence-corrected chi connectivity index (χ3v) is 6.44. The van der Waals surface area contributed by atoms with Crippen LogP contribution in [-0.2, 0) is 24.6 Å². The molecule has 3 aromatic carbocycles. The molecular weight excluding hydrogens is 420 g/mol. The molecule has 166 valence electrons. The minimum atomic E-state index is -3.50. The first-order valence-electron chi connectivity index (χ1n) is 10.8. The maximum Gasteiger partial charge on any atom is 0.264 e. The Balaban J connectivity index is 1.67. The van der Waals surface area contributed by atoms with Crippen LogP contribution in [0.5, 0.6) is 0 Å². The molecule has 32 heavy (non-hydrogen) atoms. The van der Waals surface area contributed by atoms with E-state index in [9.17, 15) is 8.42 Å². The van der Waals surface area contributed by atoms with Crippen LogP contribution in [0.15, 0.2) is 103 Å². The molecule has 0 unspecified atom stereocenters. The third kappa shape index (κ3) is 5.01. The van der Waals surface area contributed by atoms with Crippen LogP contribution in [0.3, 0.4) is 0 Å². The lowest BCUT2D eigenvalue weighted by atomic mass is 9.80. The summed E-state index contributed by atoms with van der Waals surface area (Å²) in [4.78, 5) is 0. The lowest BCUT2D eigenvalue weighted by Gasteiger charge is -2.36. The highest BCUT2D eigenvalue weighted by Gasteiger charge is 2.38. The van der Waals surface area contributed by atoms with Gasteiger partial charge in [0.2, 0.25) is 0 Å². The van der Waals surface area contributed by atoms with Gasteiger partial charge >= 0.3 is 0 Å². The van der Waals surface area contributed by atoms with Gasteiger partial charge < -0.3 is 4.74 Å². The van der Waals surface area contributed by atoms with Gasteiger partial charge in [-0.25, -0.2) is 0 Å². The van der Waals surface area contributed by atoms with E-state index in [0.717, 1.165) is 22.9 Å². The van der Waals surface area contributed by atoms with Gasteiger partial charge in [-0.1, -0.05) is 103 Å². The Hall–Kier alpha value is -2.73. The van der Waals surface area contributed by atoms with Crippen molar-refractivity contribution in [1.82, 2.24) is 0 Å². The average molecular weight is 449 g/mol. The maximum absolute atomic E-state index is 11.6. The zero-order valence-corrected chi connectivity index (χ0v) is 18.9. The fourth-order valence-electron chi connectivity index (χ4n) is 4.42. The summed E-state index contributed by atoms with van der Waals surface area (Å²) in [5, 5.41) is 0. The van der Waals surface area contributed by atoms with Gasteiger partial charge in [0, 0.05) is 12.5 Å². The third-order valence-electron chi connectivity index (χ3n) is 5.84. The van der Waals surface area contributed by atoms with E-state index in [2.05, 4.69) is 36.4 Å². The van der Waals surface area contributed by atoms with E-state index in [-0.39, 0.29) is 12.0 Å². The molecule has 4 rings (SSSR count). The molecule has 1 aliphatic carbocycles. The molecule has 1 aliphatic rings. The van der Waals surface area contributed by atoms with Gasteiger partial charge in [0.25, 0.3) is 10.1 Å². The first-order valence-corrected chi connectivity index (χ1v) is 12.7. The summed E-state index contributed by atoms with van der Waals surface area (Å²) in [6.45, 7) is 0.442. The van der Waals surface area contributed by atoms with Crippen molar-refractivity contribution in [3.05, 3.63) is 120 Å². The Kier molecular flexibility index (Phi) is 6.89. The molecule has 5 heteroatoms. The van der Waals surface area contributed by atoms with Crippen molar-refractivity contribution >= 4 is 10.1 Å². The van der Waals surface area contributed by atoms with Crippen LogP contribution >= 0.6 is 0 Å². The predicted octanol–water partition coefficient (Wildman–Crippen LogP) is 5.31. The second-order valence-corrected chi connectivity index (χ2v) is 9.68. The smallest absolute Gasteiger partial charge is 0.264 e. The topological polar surface area (TPSA) is 52.6 Å². The number of ether oxygens (including phenoxy) is 1. The molecule has 0 heterocycles. The average Bonchev–Trinajstić information content (AvgIpc) is 3.24. The number of hydrogen-bond donors (Lipinski definition) is 0. The molecule has 4 nitrogen and oxygen atoms in total. The summed E-state index contributed by atoms with van der Waals surface area (Å²) < 4.78 is 35.4. The fraction of sp³-hybridized carbons (Fsp3) is 0.259. The van der Waals surface area contributed by atoms with Crippen LogP contribution < -0.4 is 0 Å². The second kappa shape index (κ2) is 9.82. The zero-order valence-electron chi connectivity index (χ0n) is 18.1. The molecule has 0 saturated heterocycles. The Labute approximate surface area is 190 Å². The minimum Gasteiger partial charge on any atom is -0.361 e. The van der Waals surface area contributed by atoms with Gasteiger partial charge in [-0.2, -0.15) is 8.42 Å². The first kappa shape index (κ1) is 22.5. The zero-order chi connectivity index (χ0) is 22.4. The van der Waals surface area contributed by atoms with Gasteiger partial charge in [0.05, 0.1) is 12.4 Å². The number of hydrogen-bond acceptors (Lipinski definition) is 4. The van der Waals surface area contributed by atoms with Crippen molar-refractivity contribution in [3.63, 3.8) is 0 Å². The van der Waals surface area contributed by atoms with E-state index < -0.39 is 15.7 Å². The monoisotopic (exact) mass is 448 g/mol. The van der Waals surface area contributed by atoms with Crippen molar-refractivity contribution < 1.29 is 17.3 Å². The molecule has 0 fully saturated rings. The SMILES string of the molecule is CS(=O)(=O)O[C@H]1CC=C[C@H]1CCOC(c1ccccc1)(c1ccccc1)c1ccccc1. The van der Waals surface area contributed by atoms with Crippen LogP contribution in [0.1, 0.15) is 29.5 Å². The Morgan fingerprint density at radius 2 is 1.28 bits per heavy atom. The Bertz CT molecular complexity index is 1030. The highest BCUT2D eigenvalue weighted by Crippen LogP contribution is 2.41. The summed E-state index contributed by atoms with van der Waals surface area (Å²) in [5.74, 6) is -0.00950. The molecule has 0 bridgehead atoms. The fourth-order valence-corrected chi connectivity index (χ4v) is 5.09. The van der Waals surface area contributed by atoms with Crippen molar-refractivity contribution in [2.45, 2.75) is 24.5 Å². The largest absolute Gasteiger partial charge is 0.361 e. The molecule has 0 aliphatic heterocycles. The first-order chi connectivity index (χ1) is 15.5. The van der Waals surface area contributed by atoms with E-state index in [1.54, 1.807) is 0 Å². The lowest BCUT2D eigenvalue weighted by Crippen LogP contribution is -2.34. The molecule has 0 N–H and O–H groups in total. The van der Waals surface area contributed by atoms with Crippen LogP contribution in [0, 0.1) is 5.92 Å². The van der Waals surface area contributed by atoms with Crippen LogP contribution in [0.25, 0.3) is 0 Å². The molecular formula is C27H28O4S. The van der Waals surface area contributed by atoms with Gasteiger partial charge in [-0.05, 0) is 29.5 Å². The van der Waals surface area contributed by atoms with E-state index >= 15 is 0 Å². The van der Waals surface area contributed by atoms with Crippen LogP contribution in [0.2, 0.25) is 0 Å². The maximum atomic E-state index is 11.6. The van der Waals surface area contributed by atoms with Gasteiger partial charge in [-0.3, -0.25) is 4.18 Å². The summed E-state index contributed by atoms with van der Waals surface area (Å²) >= 11 is 0. The van der Waals surface area contributed by atoms with E-state index in [4.69, 9.17) is 8.92 Å². The summed E-state index contributed by atoms with van der Waals surface area (Å²) in [7, 11) is -3.50. The van der Waals surface area contributed by atoms with Crippen molar-refractivity contribution in [2.75, 3.05) is 12.9 Å². The highest BCUT2D eigenvalue weighted by molar-refractivity contribution is 7.86. The van der Waals surface area contributed by atoms with Crippen molar-refractivity contribution in [1.29, 1.82) is 0 Å². The molecule has 2 atom stereocenters. The van der Waals surface area contributed by atoms with Gasteiger partial charge in [-0.15, -0.1) is 0 Å². The van der Waals surface area contributed by atoms with E-state index in [1.807, 2.05) is 66.7 Å². The molecule has 0 saturated carbocycles. The standard InChI is InChI=1S/C27H28O4S/c1-32(28,29)31-26-19-11-12-22(26)20-21-30-27(23-13-5-2-6-14-23,24-15-7-3-8-16-24)25-17-9-4-10-18-25/h2-18,22,26H,19-21H2,1H3/t22-,26-/m0/s1. The van der Waals surface area contributed by atoms with Crippen molar-refractivity contribution in [2.24, 2.45) is 5.92 Å². The lowest BCUT2D eigenvalue weighted by molar-refractivity contribution is 0.00237. The summed E-state index contributed by atoms with van der Waals surface area (Å²) in [6.07, 6.45) is 6.01. The summed E-state index contributed by atoms with van der Waals surface area (Å²) in [5.41, 5.74) is 2.36. The second-order valence-electron chi connectivity index (χ2n) is 8.08. The molecule has 3 aromatic rings. The molecule has 0 aromatic heterocycles. The van der Waals surface area contributed by atoms with Gasteiger partial charge in [0.1, 0.15) is 5.60 Å². The van der Waals surface area contributed by atoms with E-state index in [1.165, 1.54) is 0 Å². The number of benzene rings is 3.